The number of para-hydroxylation sites is 1. The summed E-state index contributed by atoms with van der Waals surface area (Å²) < 4.78 is 0. The predicted molar refractivity (Wildman–Crippen MR) is 60.2 cm³/mol. The highest BCUT2D eigenvalue weighted by Gasteiger charge is 1.95. The molecule has 1 rings (SSSR count). The quantitative estimate of drug-likeness (QED) is 0.649. The topological polar surface area (TPSA) is 52.0 Å². The Balaban J connectivity index is 0.000000671. The number of hydrogen-bond donors (Lipinski definition) is 2. The van der Waals surface area contributed by atoms with E-state index in [2.05, 4.69) is 0 Å². The van der Waals surface area contributed by atoms with Gasteiger partial charge in [-0.3, -0.25) is 0 Å². The number of nitrogen functional groups attached to an aromatic ring is 1. The van der Waals surface area contributed by atoms with Crippen molar-refractivity contribution >= 4 is 11.8 Å². The molecule has 1 aromatic carbocycles. The van der Waals surface area contributed by atoms with Crippen LogP contribution in [0.15, 0.2) is 24.4 Å². The first kappa shape index (κ1) is 11.6. The molecule has 0 heterocycles. The minimum Gasteiger partial charge on any atom is -0.405 e. The van der Waals surface area contributed by atoms with Crippen molar-refractivity contribution in [3.05, 3.63) is 35.5 Å². The van der Waals surface area contributed by atoms with Crippen molar-refractivity contribution in [1.82, 2.24) is 0 Å². The fourth-order valence-electron chi connectivity index (χ4n) is 0.952. The molecular formula is C11H18N2. The molecule has 2 heteroatoms. The van der Waals surface area contributed by atoms with Crippen molar-refractivity contribution in [2.24, 2.45) is 5.73 Å². The van der Waals surface area contributed by atoms with Gasteiger partial charge < -0.3 is 11.5 Å². The molecular weight excluding hydrogens is 160 g/mol. The van der Waals surface area contributed by atoms with Crippen LogP contribution < -0.4 is 11.5 Å². The molecule has 0 bridgehead atoms. The lowest BCUT2D eigenvalue weighted by Gasteiger charge is -2.02. The van der Waals surface area contributed by atoms with Gasteiger partial charge in [0.25, 0.3) is 0 Å². The maximum atomic E-state index is 5.76. The smallest absolute Gasteiger partial charge is 0.0417 e. The van der Waals surface area contributed by atoms with E-state index in [1.54, 1.807) is 6.08 Å². The lowest BCUT2D eigenvalue weighted by molar-refractivity contribution is 1.45. The van der Waals surface area contributed by atoms with E-state index in [1.807, 2.05) is 39.0 Å². The van der Waals surface area contributed by atoms with Gasteiger partial charge in [0.2, 0.25) is 0 Å². The SMILES string of the molecule is CC.Cc1cccc(/C=C\N)c1N. The van der Waals surface area contributed by atoms with Crippen molar-refractivity contribution in [2.45, 2.75) is 20.8 Å². The average Bonchev–Trinajstić information content (AvgIpc) is 2.17. The summed E-state index contributed by atoms with van der Waals surface area (Å²) in [5.41, 5.74) is 13.9. The van der Waals surface area contributed by atoms with Crippen molar-refractivity contribution in [1.29, 1.82) is 0 Å². The minimum atomic E-state index is 0.800. The van der Waals surface area contributed by atoms with E-state index in [4.69, 9.17) is 11.5 Å². The third kappa shape index (κ3) is 3.20. The molecule has 0 saturated carbocycles. The summed E-state index contributed by atoms with van der Waals surface area (Å²) in [5, 5.41) is 0. The summed E-state index contributed by atoms with van der Waals surface area (Å²) in [6, 6.07) is 5.87. The minimum absolute atomic E-state index is 0.800. The standard InChI is InChI=1S/C9H12N2.C2H6/c1-7-3-2-4-8(5-6-10)9(7)11;1-2/h2-6H,10-11H2,1H3;1-2H3/b6-5-;. The zero-order chi connectivity index (χ0) is 10.3. The zero-order valence-corrected chi connectivity index (χ0v) is 8.54. The van der Waals surface area contributed by atoms with Gasteiger partial charge in [-0.2, -0.15) is 0 Å². The van der Waals surface area contributed by atoms with Gasteiger partial charge in [0.15, 0.2) is 0 Å². The molecule has 0 amide bonds. The highest BCUT2D eigenvalue weighted by molar-refractivity contribution is 5.66. The summed E-state index contributed by atoms with van der Waals surface area (Å²) in [6.45, 7) is 5.98. The summed E-state index contributed by atoms with van der Waals surface area (Å²) in [4.78, 5) is 0. The summed E-state index contributed by atoms with van der Waals surface area (Å²) in [5.74, 6) is 0. The third-order valence-electron chi connectivity index (χ3n) is 1.63. The van der Waals surface area contributed by atoms with Crippen LogP contribution in [0, 0.1) is 6.92 Å². The van der Waals surface area contributed by atoms with Crippen molar-refractivity contribution in [2.75, 3.05) is 5.73 Å². The van der Waals surface area contributed by atoms with Gasteiger partial charge in [-0.15, -0.1) is 0 Å². The number of anilines is 1. The molecule has 4 N–H and O–H groups in total. The average molecular weight is 178 g/mol. The van der Waals surface area contributed by atoms with E-state index in [0.29, 0.717) is 0 Å². The van der Waals surface area contributed by atoms with Gasteiger partial charge in [0.1, 0.15) is 0 Å². The van der Waals surface area contributed by atoms with Crippen molar-refractivity contribution < 1.29 is 0 Å². The van der Waals surface area contributed by atoms with Crippen LogP contribution in [0.5, 0.6) is 0 Å². The highest BCUT2D eigenvalue weighted by Crippen LogP contribution is 2.16. The van der Waals surface area contributed by atoms with Gasteiger partial charge in [-0.05, 0) is 30.3 Å². The van der Waals surface area contributed by atoms with E-state index < -0.39 is 0 Å². The van der Waals surface area contributed by atoms with Crippen molar-refractivity contribution in [3.8, 4) is 0 Å². The van der Waals surface area contributed by atoms with Crippen LogP contribution in [0.4, 0.5) is 5.69 Å². The first-order chi connectivity index (χ1) is 6.25. The van der Waals surface area contributed by atoms with E-state index in [0.717, 1.165) is 16.8 Å². The molecule has 0 aliphatic rings. The Morgan fingerprint density at radius 1 is 1.23 bits per heavy atom. The summed E-state index contributed by atoms with van der Waals surface area (Å²) in [7, 11) is 0. The maximum Gasteiger partial charge on any atom is 0.0417 e. The highest BCUT2D eigenvalue weighted by atomic mass is 14.6. The van der Waals surface area contributed by atoms with Gasteiger partial charge in [0.05, 0.1) is 0 Å². The summed E-state index contributed by atoms with van der Waals surface area (Å²) >= 11 is 0. The number of rotatable bonds is 1. The van der Waals surface area contributed by atoms with Crippen LogP contribution in [-0.4, -0.2) is 0 Å². The Morgan fingerprint density at radius 2 is 1.85 bits per heavy atom. The van der Waals surface area contributed by atoms with Gasteiger partial charge in [0, 0.05) is 5.69 Å². The largest absolute Gasteiger partial charge is 0.405 e. The molecule has 72 valence electrons. The second-order valence-corrected chi connectivity index (χ2v) is 2.44. The number of hydrogen-bond acceptors (Lipinski definition) is 2. The Bertz CT molecular complexity index is 277. The Kier molecular flexibility index (Phi) is 5.44. The van der Waals surface area contributed by atoms with Crippen LogP contribution in [0.1, 0.15) is 25.0 Å². The first-order valence-corrected chi connectivity index (χ1v) is 4.49. The van der Waals surface area contributed by atoms with Crippen LogP contribution in [-0.2, 0) is 0 Å². The second-order valence-electron chi connectivity index (χ2n) is 2.44. The van der Waals surface area contributed by atoms with Gasteiger partial charge >= 0.3 is 0 Å². The molecule has 0 saturated heterocycles. The molecule has 2 nitrogen and oxygen atoms in total. The molecule has 0 radical (unpaired) electrons. The molecule has 0 aromatic heterocycles. The number of aryl methyl sites for hydroxylation is 1. The molecule has 13 heavy (non-hydrogen) atoms. The Hall–Kier alpha value is -1.44. The molecule has 0 atom stereocenters. The normalized spacial score (nSPS) is 9.46. The van der Waals surface area contributed by atoms with Gasteiger partial charge in [-0.25, -0.2) is 0 Å². The van der Waals surface area contributed by atoms with Gasteiger partial charge in [-0.1, -0.05) is 32.0 Å². The molecule has 0 spiro atoms. The zero-order valence-electron chi connectivity index (χ0n) is 8.54. The lowest BCUT2D eigenvalue weighted by Crippen LogP contribution is -1.92. The van der Waals surface area contributed by atoms with E-state index in [1.165, 1.54) is 6.20 Å². The molecule has 0 unspecified atom stereocenters. The van der Waals surface area contributed by atoms with Crippen molar-refractivity contribution in [3.63, 3.8) is 0 Å². The summed E-state index contributed by atoms with van der Waals surface area (Å²) in [6.07, 6.45) is 3.29. The molecule has 0 aliphatic heterocycles. The number of nitrogens with two attached hydrogens (primary N) is 2. The van der Waals surface area contributed by atoms with Crippen LogP contribution in [0.25, 0.3) is 6.08 Å². The monoisotopic (exact) mass is 178 g/mol. The Morgan fingerprint density at radius 3 is 2.38 bits per heavy atom. The fourth-order valence-corrected chi connectivity index (χ4v) is 0.952. The van der Waals surface area contributed by atoms with Crippen LogP contribution in [0.3, 0.4) is 0 Å². The number of benzene rings is 1. The molecule has 0 aliphatic carbocycles. The second kappa shape index (κ2) is 6.12. The van der Waals surface area contributed by atoms with Crippen LogP contribution in [0.2, 0.25) is 0 Å². The molecule has 0 fully saturated rings. The van der Waals surface area contributed by atoms with E-state index in [9.17, 15) is 0 Å². The Labute approximate surface area is 80.3 Å². The molecule has 1 aromatic rings. The third-order valence-corrected chi connectivity index (χ3v) is 1.63. The fraction of sp³-hybridized carbons (Fsp3) is 0.273. The maximum absolute atomic E-state index is 5.76. The van der Waals surface area contributed by atoms with E-state index >= 15 is 0 Å². The first-order valence-electron chi connectivity index (χ1n) is 4.49. The predicted octanol–water partition coefficient (Wildman–Crippen LogP) is 2.53. The van der Waals surface area contributed by atoms with E-state index in [-0.39, 0.29) is 0 Å². The van der Waals surface area contributed by atoms with Crippen LogP contribution >= 0.6 is 0 Å². The lowest BCUT2D eigenvalue weighted by atomic mass is 10.1.